The second kappa shape index (κ2) is 12.1. The maximum atomic E-state index is 13.5. The van der Waals surface area contributed by atoms with Crippen LogP contribution in [-0.2, 0) is 22.7 Å². The van der Waals surface area contributed by atoms with E-state index in [0.29, 0.717) is 40.5 Å². The molecule has 0 spiro atoms. The Balaban J connectivity index is 1.56. The Hall–Kier alpha value is -4.66. The largest absolute Gasteiger partial charge is 0.493 e. The highest BCUT2D eigenvalue weighted by atomic mass is 19.1. The van der Waals surface area contributed by atoms with Crippen LogP contribution in [0.15, 0.2) is 72.3 Å². The number of imide groups is 2. The lowest BCUT2D eigenvalue weighted by Crippen LogP contribution is -2.53. The summed E-state index contributed by atoms with van der Waals surface area (Å²) in [6, 6.07) is 17.1. The highest BCUT2D eigenvalue weighted by Crippen LogP contribution is 2.30. The average molecular weight is 519 g/mol. The van der Waals surface area contributed by atoms with E-state index in [9.17, 15) is 18.8 Å². The molecule has 3 aromatic rings. The van der Waals surface area contributed by atoms with Crippen LogP contribution in [0, 0.1) is 5.82 Å². The molecule has 1 aliphatic rings. The van der Waals surface area contributed by atoms with Gasteiger partial charge in [0, 0.05) is 5.56 Å². The van der Waals surface area contributed by atoms with Crippen molar-refractivity contribution in [2.75, 3.05) is 13.7 Å². The van der Waals surface area contributed by atoms with Crippen LogP contribution in [0.4, 0.5) is 9.18 Å². The SMILES string of the molecule is CCCOc1ccc(CN2C(=O)NC(=O)/C(=C\c3ccccc3OCc3cccc(F)c3)C2=O)cc1OC. The molecule has 4 rings (SSSR count). The number of rotatable bonds is 10. The monoisotopic (exact) mass is 518 g/mol. The van der Waals surface area contributed by atoms with Crippen molar-refractivity contribution in [3.05, 3.63) is 94.8 Å². The summed E-state index contributed by atoms with van der Waals surface area (Å²) >= 11 is 0. The predicted octanol–water partition coefficient (Wildman–Crippen LogP) is 4.86. The maximum Gasteiger partial charge on any atom is 0.331 e. The van der Waals surface area contributed by atoms with Gasteiger partial charge in [-0.25, -0.2) is 9.18 Å². The third-order valence-electron chi connectivity index (χ3n) is 5.72. The van der Waals surface area contributed by atoms with Gasteiger partial charge in [0.15, 0.2) is 11.5 Å². The number of hydrogen-bond acceptors (Lipinski definition) is 6. The predicted molar refractivity (Wildman–Crippen MR) is 138 cm³/mol. The van der Waals surface area contributed by atoms with Gasteiger partial charge < -0.3 is 14.2 Å². The van der Waals surface area contributed by atoms with Gasteiger partial charge in [-0.1, -0.05) is 43.3 Å². The summed E-state index contributed by atoms with van der Waals surface area (Å²) in [6.07, 6.45) is 2.20. The molecular weight excluding hydrogens is 491 g/mol. The number of nitrogens with zero attached hydrogens (tertiary/aromatic N) is 1. The van der Waals surface area contributed by atoms with E-state index in [1.54, 1.807) is 54.6 Å². The Morgan fingerprint density at radius 2 is 1.71 bits per heavy atom. The van der Waals surface area contributed by atoms with Crippen LogP contribution in [0.3, 0.4) is 0 Å². The van der Waals surface area contributed by atoms with Crippen molar-refractivity contribution in [3.8, 4) is 17.2 Å². The zero-order chi connectivity index (χ0) is 27.1. The van der Waals surface area contributed by atoms with Crippen LogP contribution >= 0.6 is 0 Å². The van der Waals surface area contributed by atoms with Gasteiger partial charge in [0.05, 0.1) is 20.3 Å². The van der Waals surface area contributed by atoms with Gasteiger partial charge in [-0.05, 0) is 54.0 Å². The molecule has 38 heavy (non-hydrogen) atoms. The van der Waals surface area contributed by atoms with Gasteiger partial charge >= 0.3 is 6.03 Å². The molecule has 0 saturated carbocycles. The number of para-hydroxylation sites is 1. The molecule has 1 saturated heterocycles. The summed E-state index contributed by atoms with van der Waals surface area (Å²) in [7, 11) is 1.50. The number of benzene rings is 3. The highest BCUT2D eigenvalue weighted by Gasteiger charge is 2.36. The Labute approximate surface area is 219 Å². The van der Waals surface area contributed by atoms with Crippen molar-refractivity contribution in [2.24, 2.45) is 0 Å². The van der Waals surface area contributed by atoms with Crippen LogP contribution in [0.1, 0.15) is 30.0 Å². The molecule has 1 fully saturated rings. The molecule has 4 amide bonds. The van der Waals surface area contributed by atoms with Crippen LogP contribution in [-0.4, -0.2) is 36.5 Å². The first-order chi connectivity index (χ1) is 18.4. The Bertz CT molecular complexity index is 1390. The van der Waals surface area contributed by atoms with Gasteiger partial charge in [0.1, 0.15) is 23.7 Å². The molecule has 196 valence electrons. The normalized spacial score (nSPS) is 14.4. The molecule has 1 N–H and O–H groups in total. The second-order valence-corrected chi connectivity index (χ2v) is 8.50. The van der Waals surface area contributed by atoms with Crippen molar-refractivity contribution < 1.29 is 33.0 Å². The molecule has 9 heteroatoms. The Morgan fingerprint density at radius 3 is 2.47 bits per heavy atom. The summed E-state index contributed by atoms with van der Waals surface area (Å²) in [5, 5.41) is 2.22. The average Bonchev–Trinajstić information content (AvgIpc) is 2.92. The Kier molecular flexibility index (Phi) is 8.37. The summed E-state index contributed by atoms with van der Waals surface area (Å²) in [5.74, 6) is -0.520. The minimum Gasteiger partial charge on any atom is -0.493 e. The molecular formula is C29H27FN2O6. The van der Waals surface area contributed by atoms with Gasteiger partial charge in [0.25, 0.3) is 11.8 Å². The van der Waals surface area contributed by atoms with Gasteiger partial charge in [-0.2, -0.15) is 0 Å². The zero-order valence-corrected chi connectivity index (χ0v) is 21.0. The second-order valence-electron chi connectivity index (χ2n) is 8.50. The standard InChI is InChI=1S/C29H27FN2O6/c1-3-13-37-25-12-11-19(15-26(25)36-2)17-32-28(34)23(27(33)31-29(32)35)16-21-8-4-5-10-24(21)38-18-20-7-6-9-22(30)14-20/h4-12,14-16H,3,13,17-18H2,1-2H3,(H,31,33,35)/b23-16+. The van der Waals surface area contributed by atoms with E-state index in [-0.39, 0.29) is 24.5 Å². The number of methoxy groups -OCH3 is 1. The van der Waals surface area contributed by atoms with E-state index in [0.717, 1.165) is 11.3 Å². The lowest BCUT2D eigenvalue weighted by molar-refractivity contribution is -0.130. The van der Waals surface area contributed by atoms with Gasteiger partial charge in [-0.3, -0.25) is 19.8 Å². The van der Waals surface area contributed by atoms with Crippen molar-refractivity contribution in [1.29, 1.82) is 0 Å². The molecule has 0 unspecified atom stereocenters. The third kappa shape index (κ3) is 6.18. The lowest BCUT2D eigenvalue weighted by atomic mass is 10.1. The lowest BCUT2D eigenvalue weighted by Gasteiger charge is -2.26. The fraction of sp³-hybridized carbons (Fsp3) is 0.207. The quantitative estimate of drug-likeness (QED) is 0.304. The van der Waals surface area contributed by atoms with E-state index in [2.05, 4.69) is 5.32 Å². The molecule has 0 radical (unpaired) electrons. The number of hydrogen-bond donors (Lipinski definition) is 1. The van der Waals surface area contributed by atoms with E-state index in [1.165, 1.54) is 25.3 Å². The fourth-order valence-electron chi connectivity index (χ4n) is 3.84. The first kappa shape index (κ1) is 26.4. The van der Waals surface area contributed by atoms with E-state index >= 15 is 0 Å². The van der Waals surface area contributed by atoms with E-state index < -0.39 is 17.8 Å². The summed E-state index contributed by atoms with van der Waals surface area (Å²) in [4.78, 5) is 39.4. The zero-order valence-electron chi connectivity index (χ0n) is 21.0. The van der Waals surface area contributed by atoms with Crippen molar-refractivity contribution in [2.45, 2.75) is 26.5 Å². The van der Waals surface area contributed by atoms with Crippen LogP contribution in [0.5, 0.6) is 17.2 Å². The molecule has 0 aliphatic carbocycles. The van der Waals surface area contributed by atoms with Crippen LogP contribution in [0.2, 0.25) is 0 Å². The summed E-state index contributed by atoms with van der Waals surface area (Å²) in [5.41, 5.74) is 1.47. The topological polar surface area (TPSA) is 94.2 Å². The van der Waals surface area contributed by atoms with E-state index in [4.69, 9.17) is 14.2 Å². The number of barbiturate groups is 1. The number of halogens is 1. The minimum absolute atomic E-state index is 0.0858. The maximum absolute atomic E-state index is 13.5. The molecule has 1 aliphatic heterocycles. The number of ether oxygens (including phenoxy) is 3. The molecule has 3 aromatic carbocycles. The number of carbonyl (C=O) groups is 3. The number of nitrogens with one attached hydrogen (secondary N) is 1. The van der Waals surface area contributed by atoms with Gasteiger partial charge in [-0.15, -0.1) is 0 Å². The van der Waals surface area contributed by atoms with Crippen LogP contribution in [0.25, 0.3) is 6.08 Å². The fourth-order valence-corrected chi connectivity index (χ4v) is 3.84. The molecule has 0 bridgehead atoms. The molecule has 0 aromatic heterocycles. The first-order valence-electron chi connectivity index (χ1n) is 12.0. The molecule has 8 nitrogen and oxygen atoms in total. The van der Waals surface area contributed by atoms with Crippen molar-refractivity contribution in [3.63, 3.8) is 0 Å². The number of amides is 4. The summed E-state index contributed by atoms with van der Waals surface area (Å²) in [6.45, 7) is 2.51. The number of urea groups is 1. The molecule has 1 heterocycles. The highest BCUT2D eigenvalue weighted by molar-refractivity contribution is 6.31. The molecule has 0 atom stereocenters. The first-order valence-corrected chi connectivity index (χ1v) is 12.0. The minimum atomic E-state index is -0.821. The van der Waals surface area contributed by atoms with E-state index in [1.807, 2.05) is 6.92 Å². The third-order valence-corrected chi connectivity index (χ3v) is 5.72. The summed E-state index contributed by atoms with van der Waals surface area (Å²) < 4.78 is 30.4. The smallest absolute Gasteiger partial charge is 0.331 e. The van der Waals surface area contributed by atoms with Crippen molar-refractivity contribution in [1.82, 2.24) is 10.2 Å². The van der Waals surface area contributed by atoms with Crippen molar-refractivity contribution >= 4 is 23.9 Å². The number of carbonyl (C=O) groups excluding carboxylic acids is 3. The van der Waals surface area contributed by atoms with Crippen LogP contribution < -0.4 is 19.5 Å². The Morgan fingerprint density at radius 1 is 0.895 bits per heavy atom. The van der Waals surface area contributed by atoms with Gasteiger partial charge in [0.2, 0.25) is 0 Å².